The molecule has 0 saturated carbocycles. The molecule has 2 rings (SSSR count). The molecule has 4 nitrogen and oxygen atoms in total. The first-order valence-corrected chi connectivity index (χ1v) is 7.36. The zero-order valence-corrected chi connectivity index (χ0v) is 13.7. The summed E-state index contributed by atoms with van der Waals surface area (Å²) in [4.78, 5) is 11.9. The van der Waals surface area contributed by atoms with Gasteiger partial charge in [-0.25, -0.2) is 0 Å². The fourth-order valence-electron chi connectivity index (χ4n) is 1.76. The van der Waals surface area contributed by atoms with Crippen LogP contribution in [0.2, 0.25) is 5.02 Å². The number of halogens is 2. The van der Waals surface area contributed by atoms with Crippen molar-refractivity contribution in [1.29, 1.82) is 0 Å². The summed E-state index contributed by atoms with van der Waals surface area (Å²) in [7, 11) is 0. The van der Waals surface area contributed by atoms with Gasteiger partial charge in [0.2, 0.25) is 0 Å². The lowest BCUT2D eigenvalue weighted by molar-refractivity contribution is -0.118. The number of rotatable bonds is 4. The highest BCUT2D eigenvalue weighted by molar-refractivity contribution is 9.10. The van der Waals surface area contributed by atoms with E-state index in [0.29, 0.717) is 22.1 Å². The molecule has 0 radical (unpaired) electrons. The van der Waals surface area contributed by atoms with Gasteiger partial charge in [0.05, 0.1) is 11.4 Å². The Labute approximate surface area is 136 Å². The normalized spacial score (nSPS) is 10.2. The molecule has 21 heavy (non-hydrogen) atoms. The van der Waals surface area contributed by atoms with Gasteiger partial charge < -0.3 is 15.8 Å². The number of hydrogen-bond acceptors (Lipinski definition) is 3. The minimum Gasteiger partial charge on any atom is -0.484 e. The van der Waals surface area contributed by atoms with Crippen LogP contribution in [0, 0.1) is 6.92 Å². The molecule has 0 aliphatic heterocycles. The van der Waals surface area contributed by atoms with Crippen molar-refractivity contribution in [3.63, 3.8) is 0 Å². The summed E-state index contributed by atoms with van der Waals surface area (Å²) in [5, 5.41) is 3.34. The summed E-state index contributed by atoms with van der Waals surface area (Å²) in [6.45, 7) is 1.82. The number of anilines is 2. The monoisotopic (exact) mass is 368 g/mol. The van der Waals surface area contributed by atoms with Crippen LogP contribution in [0.5, 0.6) is 5.75 Å². The van der Waals surface area contributed by atoms with Gasteiger partial charge >= 0.3 is 0 Å². The molecule has 2 aromatic rings. The summed E-state index contributed by atoms with van der Waals surface area (Å²) in [5.74, 6) is 0.284. The van der Waals surface area contributed by atoms with Crippen molar-refractivity contribution in [1.82, 2.24) is 0 Å². The molecule has 3 N–H and O–H groups in total. The fraction of sp³-hybridized carbons (Fsp3) is 0.133. The predicted octanol–water partition coefficient (Wildman–Crippen LogP) is 4.01. The minimum absolute atomic E-state index is 0.110. The molecule has 0 spiro atoms. The van der Waals surface area contributed by atoms with Gasteiger partial charge in [0, 0.05) is 9.50 Å². The quantitative estimate of drug-likeness (QED) is 0.800. The summed E-state index contributed by atoms with van der Waals surface area (Å²) < 4.78 is 6.11. The van der Waals surface area contributed by atoms with E-state index in [1.54, 1.807) is 30.3 Å². The van der Waals surface area contributed by atoms with Crippen LogP contribution < -0.4 is 15.8 Å². The molecule has 0 heterocycles. The first kappa shape index (κ1) is 15.7. The molecule has 0 saturated heterocycles. The van der Waals surface area contributed by atoms with E-state index in [1.165, 1.54) is 0 Å². The standard InChI is InChI=1S/C15H14BrClN2O2/c1-9-6-12(16)15(13(18)7-9)19-14(20)8-21-11-4-2-10(17)3-5-11/h2-7H,8,18H2,1H3,(H,19,20). The third kappa shape index (κ3) is 4.37. The number of ether oxygens (including phenoxy) is 1. The number of amides is 1. The molecule has 0 aliphatic carbocycles. The number of hydrogen-bond donors (Lipinski definition) is 2. The Morgan fingerprint density at radius 1 is 1.33 bits per heavy atom. The molecule has 0 fully saturated rings. The number of nitrogen functional groups attached to an aromatic ring is 1. The van der Waals surface area contributed by atoms with Crippen LogP contribution in [0.1, 0.15) is 5.56 Å². The van der Waals surface area contributed by atoms with Gasteiger partial charge in [0.1, 0.15) is 5.75 Å². The molecular formula is C15H14BrClN2O2. The molecule has 2 aromatic carbocycles. The van der Waals surface area contributed by atoms with E-state index < -0.39 is 0 Å². The lowest BCUT2D eigenvalue weighted by Crippen LogP contribution is -2.21. The van der Waals surface area contributed by atoms with E-state index in [9.17, 15) is 4.79 Å². The molecule has 110 valence electrons. The predicted molar refractivity (Wildman–Crippen MR) is 88.9 cm³/mol. The van der Waals surface area contributed by atoms with Crippen LogP contribution in [-0.2, 0) is 4.79 Å². The number of benzene rings is 2. The number of nitrogens with one attached hydrogen (secondary N) is 1. The molecular weight excluding hydrogens is 356 g/mol. The molecule has 1 amide bonds. The maximum absolute atomic E-state index is 11.9. The van der Waals surface area contributed by atoms with Crippen molar-refractivity contribution in [2.24, 2.45) is 0 Å². The van der Waals surface area contributed by atoms with Crippen LogP contribution in [0.3, 0.4) is 0 Å². The van der Waals surface area contributed by atoms with Gasteiger partial charge in [-0.15, -0.1) is 0 Å². The van der Waals surface area contributed by atoms with Crippen LogP contribution in [0.15, 0.2) is 40.9 Å². The largest absolute Gasteiger partial charge is 0.484 e. The lowest BCUT2D eigenvalue weighted by atomic mass is 10.2. The highest BCUT2D eigenvalue weighted by atomic mass is 79.9. The second-order valence-corrected chi connectivity index (χ2v) is 5.79. The van der Waals surface area contributed by atoms with Crippen LogP contribution in [0.4, 0.5) is 11.4 Å². The van der Waals surface area contributed by atoms with E-state index >= 15 is 0 Å². The van der Waals surface area contributed by atoms with Gasteiger partial charge in [0.25, 0.3) is 5.91 Å². The van der Waals surface area contributed by atoms with E-state index in [4.69, 9.17) is 22.1 Å². The fourth-order valence-corrected chi connectivity index (χ4v) is 2.57. The molecule has 0 aromatic heterocycles. The van der Waals surface area contributed by atoms with E-state index in [1.807, 2.05) is 13.0 Å². The summed E-state index contributed by atoms with van der Waals surface area (Å²) in [6, 6.07) is 10.5. The van der Waals surface area contributed by atoms with Crippen LogP contribution in [-0.4, -0.2) is 12.5 Å². The Morgan fingerprint density at radius 2 is 2.00 bits per heavy atom. The number of carbonyl (C=O) groups excluding carboxylic acids is 1. The number of nitrogens with two attached hydrogens (primary N) is 1. The van der Waals surface area contributed by atoms with Crippen molar-refractivity contribution in [2.75, 3.05) is 17.7 Å². The van der Waals surface area contributed by atoms with Crippen molar-refractivity contribution < 1.29 is 9.53 Å². The summed E-state index contributed by atoms with van der Waals surface area (Å²) in [6.07, 6.45) is 0. The average molecular weight is 370 g/mol. The first-order valence-electron chi connectivity index (χ1n) is 6.19. The molecule has 0 atom stereocenters. The Morgan fingerprint density at radius 3 is 2.62 bits per heavy atom. The van der Waals surface area contributed by atoms with Gasteiger partial charge in [0.15, 0.2) is 6.61 Å². The van der Waals surface area contributed by atoms with Crippen LogP contribution >= 0.6 is 27.5 Å². The Kier molecular flexibility index (Phi) is 5.09. The zero-order chi connectivity index (χ0) is 15.4. The molecule has 0 bridgehead atoms. The summed E-state index contributed by atoms with van der Waals surface area (Å²) >= 11 is 9.16. The van der Waals surface area contributed by atoms with Crippen molar-refractivity contribution in [3.05, 3.63) is 51.5 Å². The SMILES string of the molecule is Cc1cc(N)c(NC(=O)COc2ccc(Cl)cc2)c(Br)c1. The first-order chi connectivity index (χ1) is 9.95. The second kappa shape index (κ2) is 6.83. The second-order valence-electron chi connectivity index (χ2n) is 4.50. The maximum atomic E-state index is 11.9. The van der Waals surface area contributed by atoms with E-state index in [-0.39, 0.29) is 12.5 Å². The van der Waals surface area contributed by atoms with Gasteiger partial charge in [-0.05, 0) is 64.8 Å². The van der Waals surface area contributed by atoms with Gasteiger partial charge in [-0.3, -0.25) is 4.79 Å². The van der Waals surface area contributed by atoms with Gasteiger partial charge in [-0.2, -0.15) is 0 Å². The van der Waals surface area contributed by atoms with Crippen molar-refractivity contribution in [2.45, 2.75) is 6.92 Å². The number of aryl methyl sites for hydroxylation is 1. The van der Waals surface area contributed by atoms with Gasteiger partial charge in [-0.1, -0.05) is 11.6 Å². The average Bonchev–Trinajstić information content (AvgIpc) is 2.42. The topological polar surface area (TPSA) is 64.3 Å². The highest BCUT2D eigenvalue weighted by Crippen LogP contribution is 2.30. The lowest BCUT2D eigenvalue weighted by Gasteiger charge is -2.12. The van der Waals surface area contributed by atoms with E-state index in [0.717, 1.165) is 10.0 Å². The third-order valence-electron chi connectivity index (χ3n) is 2.71. The number of carbonyl (C=O) groups is 1. The van der Waals surface area contributed by atoms with Crippen molar-refractivity contribution in [3.8, 4) is 5.75 Å². The molecule has 0 unspecified atom stereocenters. The Bertz CT molecular complexity index is 636. The Balaban J connectivity index is 1.97. The third-order valence-corrected chi connectivity index (χ3v) is 3.59. The van der Waals surface area contributed by atoms with Crippen LogP contribution in [0.25, 0.3) is 0 Å². The van der Waals surface area contributed by atoms with E-state index in [2.05, 4.69) is 21.2 Å². The Hall–Kier alpha value is -1.72. The minimum atomic E-state index is -0.291. The van der Waals surface area contributed by atoms with Crippen molar-refractivity contribution >= 4 is 44.8 Å². The molecule has 0 aliphatic rings. The molecule has 6 heteroatoms. The maximum Gasteiger partial charge on any atom is 0.262 e. The smallest absolute Gasteiger partial charge is 0.262 e. The summed E-state index contributed by atoms with van der Waals surface area (Å²) in [5.41, 5.74) is 7.95. The highest BCUT2D eigenvalue weighted by Gasteiger charge is 2.10. The zero-order valence-electron chi connectivity index (χ0n) is 11.3.